The number of hydrogen-bond donors (Lipinski definition) is 2. The zero-order valence-corrected chi connectivity index (χ0v) is 11.2. The number of nitrogen functional groups attached to an aromatic ring is 1. The molecule has 0 radical (unpaired) electrons. The van der Waals surface area contributed by atoms with Crippen molar-refractivity contribution in [1.29, 1.82) is 5.26 Å². The van der Waals surface area contributed by atoms with Crippen molar-refractivity contribution in [3.63, 3.8) is 0 Å². The molecule has 1 atom stereocenters. The van der Waals surface area contributed by atoms with Gasteiger partial charge in [-0.1, -0.05) is 13.8 Å². The average molecular weight is 247 g/mol. The topological polar surface area (TPSA) is 71.1 Å². The second-order valence-electron chi connectivity index (χ2n) is 4.57. The zero-order valence-electron chi connectivity index (χ0n) is 11.2. The first kappa shape index (κ1) is 14.3. The standard InChI is InChI=1S/C14H21N3O/c1-4-18-9-14(10(2)3)17-12-6-5-11(8-15)13(16)7-12/h5-7,10,14,17H,4,9,16H2,1-3H3. The Morgan fingerprint density at radius 2 is 2.17 bits per heavy atom. The van der Waals surface area contributed by atoms with E-state index in [-0.39, 0.29) is 6.04 Å². The first-order chi connectivity index (χ1) is 8.58. The lowest BCUT2D eigenvalue weighted by Gasteiger charge is -2.23. The summed E-state index contributed by atoms with van der Waals surface area (Å²) in [6.45, 7) is 7.64. The lowest BCUT2D eigenvalue weighted by Crippen LogP contribution is -2.31. The van der Waals surface area contributed by atoms with Gasteiger partial charge < -0.3 is 15.8 Å². The fourth-order valence-electron chi connectivity index (χ4n) is 1.61. The molecule has 0 aromatic heterocycles. The first-order valence-corrected chi connectivity index (χ1v) is 6.22. The summed E-state index contributed by atoms with van der Waals surface area (Å²) in [4.78, 5) is 0. The third kappa shape index (κ3) is 3.94. The number of nitrogens with one attached hydrogen (secondary N) is 1. The second-order valence-corrected chi connectivity index (χ2v) is 4.57. The monoisotopic (exact) mass is 247 g/mol. The van der Waals surface area contributed by atoms with E-state index < -0.39 is 0 Å². The molecule has 18 heavy (non-hydrogen) atoms. The van der Waals surface area contributed by atoms with Crippen molar-refractivity contribution in [3.05, 3.63) is 23.8 Å². The van der Waals surface area contributed by atoms with Crippen LogP contribution in [0, 0.1) is 17.2 Å². The molecule has 4 nitrogen and oxygen atoms in total. The van der Waals surface area contributed by atoms with Crippen molar-refractivity contribution in [2.24, 2.45) is 5.92 Å². The Morgan fingerprint density at radius 1 is 1.44 bits per heavy atom. The number of ether oxygens (including phenoxy) is 1. The maximum absolute atomic E-state index is 8.83. The molecule has 0 aliphatic heterocycles. The van der Waals surface area contributed by atoms with Gasteiger partial charge in [0.25, 0.3) is 0 Å². The third-order valence-corrected chi connectivity index (χ3v) is 2.83. The molecular formula is C14H21N3O. The van der Waals surface area contributed by atoms with E-state index in [0.29, 0.717) is 30.4 Å². The van der Waals surface area contributed by atoms with Crippen LogP contribution in [-0.4, -0.2) is 19.3 Å². The summed E-state index contributed by atoms with van der Waals surface area (Å²) >= 11 is 0. The highest BCUT2D eigenvalue weighted by Crippen LogP contribution is 2.19. The summed E-state index contributed by atoms with van der Waals surface area (Å²) in [6.07, 6.45) is 0. The number of nitrogens with zero attached hydrogens (tertiary/aromatic N) is 1. The average Bonchev–Trinajstić information content (AvgIpc) is 2.34. The van der Waals surface area contributed by atoms with Gasteiger partial charge in [-0.25, -0.2) is 0 Å². The molecule has 1 aromatic rings. The minimum absolute atomic E-state index is 0.234. The minimum atomic E-state index is 0.234. The second kappa shape index (κ2) is 6.87. The molecule has 0 saturated heterocycles. The Morgan fingerprint density at radius 3 is 2.67 bits per heavy atom. The molecule has 0 heterocycles. The number of hydrogen-bond acceptors (Lipinski definition) is 4. The van der Waals surface area contributed by atoms with Gasteiger partial charge in [0, 0.05) is 12.3 Å². The van der Waals surface area contributed by atoms with E-state index >= 15 is 0 Å². The van der Waals surface area contributed by atoms with Crippen LogP contribution in [0.4, 0.5) is 11.4 Å². The molecule has 0 spiro atoms. The maximum Gasteiger partial charge on any atom is 0.101 e. The smallest absolute Gasteiger partial charge is 0.101 e. The molecule has 4 heteroatoms. The Bertz CT molecular complexity index is 424. The van der Waals surface area contributed by atoms with E-state index in [1.807, 2.05) is 13.0 Å². The Labute approximate surface area is 109 Å². The lowest BCUT2D eigenvalue weighted by molar-refractivity contribution is 0.127. The number of benzene rings is 1. The molecule has 1 aromatic carbocycles. The molecular weight excluding hydrogens is 226 g/mol. The van der Waals surface area contributed by atoms with Crippen LogP contribution < -0.4 is 11.1 Å². The predicted octanol–water partition coefficient (Wildman–Crippen LogP) is 2.61. The van der Waals surface area contributed by atoms with E-state index in [1.54, 1.807) is 12.1 Å². The van der Waals surface area contributed by atoms with E-state index in [9.17, 15) is 0 Å². The van der Waals surface area contributed by atoms with Crippen LogP contribution in [0.15, 0.2) is 18.2 Å². The normalized spacial score (nSPS) is 12.2. The van der Waals surface area contributed by atoms with E-state index in [4.69, 9.17) is 15.7 Å². The van der Waals surface area contributed by atoms with E-state index in [1.165, 1.54) is 0 Å². The fraction of sp³-hybridized carbons (Fsp3) is 0.500. The molecule has 98 valence electrons. The highest BCUT2D eigenvalue weighted by molar-refractivity contribution is 5.62. The minimum Gasteiger partial charge on any atom is -0.398 e. The maximum atomic E-state index is 8.83. The summed E-state index contributed by atoms with van der Waals surface area (Å²) < 4.78 is 5.46. The molecule has 1 rings (SSSR count). The van der Waals surface area contributed by atoms with Gasteiger partial charge in [-0.05, 0) is 31.0 Å². The molecule has 3 N–H and O–H groups in total. The molecule has 0 aliphatic carbocycles. The molecule has 0 saturated carbocycles. The van der Waals surface area contributed by atoms with Crippen molar-refractivity contribution in [2.75, 3.05) is 24.3 Å². The van der Waals surface area contributed by atoms with Crippen molar-refractivity contribution < 1.29 is 4.74 Å². The predicted molar refractivity (Wildman–Crippen MR) is 74.3 cm³/mol. The number of rotatable bonds is 6. The zero-order chi connectivity index (χ0) is 13.5. The lowest BCUT2D eigenvalue weighted by atomic mass is 10.0. The SMILES string of the molecule is CCOCC(Nc1ccc(C#N)c(N)c1)C(C)C. The van der Waals surface area contributed by atoms with Crippen molar-refractivity contribution in [3.8, 4) is 6.07 Å². The molecule has 0 aliphatic rings. The van der Waals surface area contributed by atoms with E-state index in [0.717, 1.165) is 5.69 Å². The summed E-state index contributed by atoms with van der Waals surface area (Å²) in [5.41, 5.74) is 7.72. The van der Waals surface area contributed by atoms with Gasteiger partial charge in [-0.15, -0.1) is 0 Å². The highest BCUT2D eigenvalue weighted by atomic mass is 16.5. The van der Waals surface area contributed by atoms with Gasteiger partial charge in [-0.2, -0.15) is 5.26 Å². The summed E-state index contributed by atoms with van der Waals surface area (Å²) in [6, 6.07) is 7.68. The van der Waals surface area contributed by atoms with Crippen molar-refractivity contribution >= 4 is 11.4 Å². The van der Waals surface area contributed by atoms with Gasteiger partial charge >= 0.3 is 0 Å². The van der Waals surface area contributed by atoms with Gasteiger partial charge in [-0.3, -0.25) is 0 Å². The van der Waals surface area contributed by atoms with Gasteiger partial charge in [0.15, 0.2) is 0 Å². The van der Waals surface area contributed by atoms with E-state index in [2.05, 4.69) is 25.2 Å². The molecule has 0 fully saturated rings. The van der Waals surface area contributed by atoms with Crippen LogP contribution in [-0.2, 0) is 4.74 Å². The molecule has 0 amide bonds. The third-order valence-electron chi connectivity index (χ3n) is 2.83. The number of anilines is 2. The van der Waals surface area contributed by atoms with Gasteiger partial charge in [0.2, 0.25) is 0 Å². The van der Waals surface area contributed by atoms with Crippen LogP contribution >= 0.6 is 0 Å². The van der Waals surface area contributed by atoms with Gasteiger partial charge in [0.1, 0.15) is 6.07 Å². The van der Waals surface area contributed by atoms with Crippen molar-refractivity contribution in [1.82, 2.24) is 0 Å². The van der Waals surface area contributed by atoms with Gasteiger partial charge in [0.05, 0.1) is 23.9 Å². The quantitative estimate of drug-likeness (QED) is 0.758. The largest absolute Gasteiger partial charge is 0.398 e. The Kier molecular flexibility index (Phi) is 5.47. The first-order valence-electron chi connectivity index (χ1n) is 6.22. The summed E-state index contributed by atoms with van der Waals surface area (Å²) in [5, 5.41) is 12.2. The van der Waals surface area contributed by atoms with Crippen LogP contribution in [0.2, 0.25) is 0 Å². The van der Waals surface area contributed by atoms with Crippen LogP contribution in [0.3, 0.4) is 0 Å². The fourth-order valence-corrected chi connectivity index (χ4v) is 1.61. The molecule has 1 unspecified atom stereocenters. The molecule has 0 bridgehead atoms. The van der Waals surface area contributed by atoms with Crippen molar-refractivity contribution in [2.45, 2.75) is 26.8 Å². The summed E-state index contributed by atoms with van der Waals surface area (Å²) in [7, 11) is 0. The Balaban J connectivity index is 2.75. The number of nitriles is 1. The Hall–Kier alpha value is -1.73. The van der Waals surface area contributed by atoms with Crippen LogP contribution in [0.1, 0.15) is 26.3 Å². The summed E-state index contributed by atoms with van der Waals surface area (Å²) in [5.74, 6) is 0.452. The van der Waals surface area contributed by atoms with Crippen LogP contribution in [0.5, 0.6) is 0 Å². The van der Waals surface area contributed by atoms with Crippen LogP contribution in [0.25, 0.3) is 0 Å². The highest BCUT2D eigenvalue weighted by Gasteiger charge is 2.13. The number of nitrogens with two attached hydrogens (primary N) is 1.